The monoisotopic (exact) mass is 355 g/mol. The molecule has 1 aliphatic heterocycles. The number of hydrogen-bond acceptors (Lipinski definition) is 4. The summed E-state index contributed by atoms with van der Waals surface area (Å²) in [5, 5.41) is 9.87. The van der Waals surface area contributed by atoms with Crippen LogP contribution in [0.5, 0.6) is 11.5 Å². The molecule has 2 atom stereocenters. The summed E-state index contributed by atoms with van der Waals surface area (Å²) in [6.45, 7) is 5.19. The molecule has 0 unspecified atom stereocenters. The summed E-state index contributed by atoms with van der Waals surface area (Å²) in [6.07, 6.45) is -0.211. The Morgan fingerprint density at radius 1 is 1.19 bits per heavy atom. The number of phenols is 1. The first-order chi connectivity index (χ1) is 12.5. The number of aromatic hydroxyl groups is 1. The number of carbonyl (C=O) groups excluding carboxylic acids is 1. The third-order valence-electron chi connectivity index (χ3n) is 4.70. The number of amides is 1. The smallest absolute Gasteiger partial charge is 0.254 e. The Morgan fingerprint density at radius 3 is 2.58 bits per heavy atom. The van der Waals surface area contributed by atoms with Crippen LogP contribution < -0.4 is 4.74 Å². The summed E-state index contributed by atoms with van der Waals surface area (Å²) in [7, 11) is 1.51. The molecule has 138 valence electrons. The van der Waals surface area contributed by atoms with Gasteiger partial charge in [0.15, 0.2) is 0 Å². The minimum absolute atomic E-state index is 0.0148. The molecule has 5 heteroatoms. The number of phenolic OH excluding ortho intramolecular Hbond substituents is 1. The van der Waals surface area contributed by atoms with Gasteiger partial charge in [-0.3, -0.25) is 4.79 Å². The number of morpholine rings is 1. The van der Waals surface area contributed by atoms with Crippen molar-refractivity contribution in [2.24, 2.45) is 5.92 Å². The van der Waals surface area contributed by atoms with E-state index >= 15 is 0 Å². The molecule has 1 heterocycles. The lowest BCUT2D eigenvalue weighted by Gasteiger charge is -2.40. The SMILES string of the molecule is COc1cc(O)cc(C(=O)N2C[C@@H](c3ccccc3)O[C@@H](C(C)C)C2)c1. The van der Waals surface area contributed by atoms with E-state index in [1.54, 1.807) is 11.0 Å². The van der Waals surface area contributed by atoms with Gasteiger partial charge in [0.2, 0.25) is 0 Å². The zero-order valence-electron chi connectivity index (χ0n) is 15.4. The maximum Gasteiger partial charge on any atom is 0.254 e. The van der Waals surface area contributed by atoms with Crippen LogP contribution in [0, 0.1) is 5.92 Å². The Bertz CT molecular complexity index is 760. The quantitative estimate of drug-likeness (QED) is 0.910. The highest BCUT2D eigenvalue weighted by Gasteiger charge is 2.33. The first-order valence-electron chi connectivity index (χ1n) is 8.85. The van der Waals surface area contributed by atoms with E-state index in [0.29, 0.717) is 24.4 Å². The van der Waals surface area contributed by atoms with E-state index in [1.165, 1.54) is 19.2 Å². The molecule has 0 saturated carbocycles. The van der Waals surface area contributed by atoms with Crippen LogP contribution in [-0.2, 0) is 4.74 Å². The number of carbonyl (C=O) groups is 1. The van der Waals surface area contributed by atoms with Crippen LogP contribution in [0.25, 0.3) is 0 Å². The lowest BCUT2D eigenvalue weighted by molar-refractivity contribution is -0.0954. The molecule has 0 radical (unpaired) electrons. The van der Waals surface area contributed by atoms with E-state index in [-0.39, 0.29) is 29.8 Å². The van der Waals surface area contributed by atoms with Gasteiger partial charge in [-0.25, -0.2) is 0 Å². The first kappa shape index (κ1) is 18.3. The molecule has 1 fully saturated rings. The number of ether oxygens (including phenoxy) is 2. The standard InChI is InChI=1S/C21H25NO4/c1-14(2)19-12-22(13-20(26-19)15-7-5-4-6-8-15)21(24)16-9-17(23)11-18(10-16)25-3/h4-11,14,19-20,23H,12-13H2,1-3H3/t19-,20+/m1/s1. The third kappa shape index (κ3) is 3.99. The van der Waals surface area contributed by atoms with Gasteiger partial charge in [-0.15, -0.1) is 0 Å². The van der Waals surface area contributed by atoms with Crippen molar-refractivity contribution in [2.45, 2.75) is 26.1 Å². The van der Waals surface area contributed by atoms with Crippen molar-refractivity contribution in [3.8, 4) is 11.5 Å². The molecule has 1 N–H and O–H groups in total. The van der Waals surface area contributed by atoms with Crippen LogP contribution >= 0.6 is 0 Å². The normalized spacial score (nSPS) is 20.2. The largest absolute Gasteiger partial charge is 0.508 e. The van der Waals surface area contributed by atoms with Gasteiger partial charge in [0, 0.05) is 18.2 Å². The number of benzene rings is 2. The molecule has 0 spiro atoms. The molecule has 5 nitrogen and oxygen atoms in total. The van der Waals surface area contributed by atoms with Crippen molar-refractivity contribution >= 4 is 5.91 Å². The second kappa shape index (κ2) is 7.79. The molecule has 1 amide bonds. The summed E-state index contributed by atoms with van der Waals surface area (Å²) >= 11 is 0. The van der Waals surface area contributed by atoms with E-state index in [2.05, 4.69) is 13.8 Å². The number of nitrogens with zero attached hydrogens (tertiary/aromatic N) is 1. The number of hydrogen-bond donors (Lipinski definition) is 1. The second-order valence-corrected chi connectivity index (χ2v) is 6.95. The minimum Gasteiger partial charge on any atom is -0.508 e. The average Bonchev–Trinajstić information content (AvgIpc) is 2.67. The Kier molecular flexibility index (Phi) is 5.47. The van der Waals surface area contributed by atoms with Gasteiger partial charge in [-0.05, 0) is 23.6 Å². The van der Waals surface area contributed by atoms with Gasteiger partial charge < -0.3 is 19.5 Å². The van der Waals surface area contributed by atoms with E-state index in [1.807, 2.05) is 30.3 Å². The topological polar surface area (TPSA) is 59.0 Å². The van der Waals surface area contributed by atoms with Gasteiger partial charge in [0.1, 0.15) is 17.6 Å². The fraction of sp³-hybridized carbons (Fsp3) is 0.381. The maximum absolute atomic E-state index is 13.1. The predicted molar refractivity (Wildman–Crippen MR) is 99.5 cm³/mol. The van der Waals surface area contributed by atoms with Gasteiger partial charge in [0.25, 0.3) is 5.91 Å². The molecule has 3 rings (SSSR count). The van der Waals surface area contributed by atoms with Gasteiger partial charge in [0.05, 0.1) is 19.8 Å². The van der Waals surface area contributed by atoms with Crippen LogP contribution in [0.15, 0.2) is 48.5 Å². The lowest BCUT2D eigenvalue weighted by Crippen LogP contribution is -2.48. The van der Waals surface area contributed by atoms with E-state index in [9.17, 15) is 9.90 Å². The van der Waals surface area contributed by atoms with E-state index in [4.69, 9.17) is 9.47 Å². The molecule has 2 aromatic carbocycles. The highest BCUT2D eigenvalue weighted by Crippen LogP contribution is 2.30. The second-order valence-electron chi connectivity index (χ2n) is 6.95. The summed E-state index contributed by atoms with van der Waals surface area (Å²) in [5.74, 6) is 0.632. The number of methoxy groups -OCH3 is 1. The zero-order chi connectivity index (χ0) is 18.7. The highest BCUT2D eigenvalue weighted by atomic mass is 16.5. The summed E-state index contributed by atoms with van der Waals surface area (Å²) in [4.78, 5) is 14.9. The Hall–Kier alpha value is -2.53. The Labute approximate surface area is 154 Å². The van der Waals surface area contributed by atoms with Gasteiger partial charge >= 0.3 is 0 Å². The summed E-state index contributed by atoms with van der Waals surface area (Å²) < 4.78 is 11.4. The maximum atomic E-state index is 13.1. The minimum atomic E-state index is -0.166. The van der Waals surface area contributed by atoms with Crippen molar-refractivity contribution in [2.75, 3.05) is 20.2 Å². The summed E-state index contributed by atoms with van der Waals surface area (Å²) in [5.41, 5.74) is 1.47. The molecule has 1 saturated heterocycles. The number of rotatable bonds is 4. The molecule has 0 bridgehead atoms. The fourth-order valence-electron chi connectivity index (χ4n) is 3.18. The van der Waals surface area contributed by atoms with Crippen molar-refractivity contribution in [1.82, 2.24) is 4.90 Å². The fourth-order valence-corrected chi connectivity index (χ4v) is 3.18. The van der Waals surface area contributed by atoms with Crippen LogP contribution in [-0.4, -0.2) is 42.2 Å². The van der Waals surface area contributed by atoms with Gasteiger partial charge in [-0.1, -0.05) is 44.2 Å². The molecular formula is C21H25NO4. The predicted octanol–water partition coefficient (Wildman–Crippen LogP) is 3.64. The van der Waals surface area contributed by atoms with Crippen molar-refractivity contribution in [3.05, 3.63) is 59.7 Å². The summed E-state index contributed by atoms with van der Waals surface area (Å²) in [6, 6.07) is 14.6. The zero-order valence-corrected chi connectivity index (χ0v) is 15.4. The molecule has 1 aliphatic rings. The van der Waals surface area contributed by atoms with Crippen molar-refractivity contribution in [3.63, 3.8) is 0 Å². The third-order valence-corrected chi connectivity index (χ3v) is 4.70. The average molecular weight is 355 g/mol. The molecule has 2 aromatic rings. The van der Waals surface area contributed by atoms with Crippen LogP contribution in [0.1, 0.15) is 35.9 Å². The first-order valence-corrected chi connectivity index (χ1v) is 8.85. The van der Waals surface area contributed by atoms with Crippen LogP contribution in [0.4, 0.5) is 0 Å². The lowest BCUT2D eigenvalue weighted by atomic mass is 10.0. The van der Waals surface area contributed by atoms with Gasteiger partial charge in [-0.2, -0.15) is 0 Å². The highest BCUT2D eigenvalue weighted by molar-refractivity contribution is 5.95. The molecular weight excluding hydrogens is 330 g/mol. The Balaban J connectivity index is 1.87. The Morgan fingerprint density at radius 2 is 1.92 bits per heavy atom. The molecule has 0 aromatic heterocycles. The van der Waals surface area contributed by atoms with Crippen molar-refractivity contribution < 1.29 is 19.4 Å². The van der Waals surface area contributed by atoms with Crippen LogP contribution in [0.2, 0.25) is 0 Å². The van der Waals surface area contributed by atoms with E-state index < -0.39 is 0 Å². The molecule has 0 aliphatic carbocycles. The van der Waals surface area contributed by atoms with Crippen molar-refractivity contribution in [1.29, 1.82) is 0 Å². The van der Waals surface area contributed by atoms with E-state index in [0.717, 1.165) is 5.56 Å². The van der Waals surface area contributed by atoms with Crippen LogP contribution in [0.3, 0.4) is 0 Å². The molecule has 26 heavy (non-hydrogen) atoms.